The lowest BCUT2D eigenvalue weighted by molar-refractivity contribution is -0.119. The average Bonchev–Trinajstić information content (AvgIpc) is 2.69. The standard InChI is InChI=1S/C18H19N3O3/c1-3-8-19-16(22)11-21-14-10-12(2)6-7-15(14)24-17-13(18(21)23)5-4-9-20-17/h4-7,9-10H,3,8,11H2,1-2H3,(H,19,22). The Morgan fingerprint density at radius 2 is 2.17 bits per heavy atom. The molecule has 24 heavy (non-hydrogen) atoms. The fourth-order valence-electron chi connectivity index (χ4n) is 2.54. The molecule has 0 spiro atoms. The van der Waals surface area contributed by atoms with E-state index in [-0.39, 0.29) is 24.2 Å². The van der Waals surface area contributed by atoms with Crippen molar-refractivity contribution >= 4 is 17.5 Å². The Morgan fingerprint density at radius 1 is 1.33 bits per heavy atom. The summed E-state index contributed by atoms with van der Waals surface area (Å²) >= 11 is 0. The van der Waals surface area contributed by atoms with Crippen molar-refractivity contribution in [2.45, 2.75) is 20.3 Å². The molecule has 2 heterocycles. The molecule has 0 radical (unpaired) electrons. The summed E-state index contributed by atoms with van der Waals surface area (Å²) in [5, 5.41) is 2.80. The van der Waals surface area contributed by atoms with Crippen molar-refractivity contribution in [2.24, 2.45) is 0 Å². The van der Waals surface area contributed by atoms with Gasteiger partial charge >= 0.3 is 0 Å². The number of rotatable bonds is 4. The van der Waals surface area contributed by atoms with Crippen LogP contribution in [0.25, 0.3) is 0 Å². The number of nitrogens with one attached hydrogen (secondary N) is 1. The number of aromatic nitrogens is 1. The Bertz CT molecular complexity index is 789. The van der Waals surface area contributed by atoms with Gasteiger partial charge in [0.25, 0.3) is 5.91 Å². The van der Waals surface area contributed by atoms with Crippen LogP contribution in [0, 0.1) is 6.92 Å². The van der Waals surface area contributed by atoms with Gasteiger partial charge in [-0.15, -0.1) is 0 Å². The summed E-state index contributed by atoms with van der Waals surface area (Å²) in [4.78, 5) is 30.7. The first kappa shape index (κ1) is 16.0. The summed E-state index contributed by atoms with van der Waals surface area (Å²) in [5.41, 5.74) is 1.89. The monoisotopic (exact) mass is 325 g/mol. The fourth-order valence-corrected chi connectivity index (χ4v) is 2.54. The van der Waals surface area contributed by atoms with Gasteiger partial charge in [-0.1, -0.05) is 13.0 Å². The van der Waals surface area contributed by atoms with Crippen molar-refractivity contribution in [3.8, 4) is 11.6 Å². The van der Waals surface area contributed by atoms with Gasteiger partial charge in [-0.3, -0.25) is 14.5 Å². The van der Waals surface area contributed by atoms with Crippen molar-refractivity contribution in [1.82, 2.24) is 10.3 Å². The SMILES string of the molecule is CCCNC(=O)CN1C(=O)c2cccnc2Oc2ccc(C)cc21. The first-order chi connectivity index (χ1) is 11.6. The number of aryl methyl sites for hydroxylation is 1. The van der Waals surface area contributed by atoms with E-state index in [4.69, 9.17) is 4.74 Å². The molecule has 1 aromatic carbocycles. The molecular formula is C18H19N3O3. The molecule has 0 bridgehead atoms. The number of ether oxygens (including phenoxy) is 1. The van der Waals surface area contributed by atoms with E-state index in [1.807, 2.05) is 26.0 Å². The Morgan fingerprint density at radius 3 is 2.96 bits per heavy atom. The highest BCUT2D eigenvalue weighted by molar-refractivity contribution is 6.11. The van der Waals surface area contributed by atoms with E-state index < -0.39 is 0 Å². The van der Waals surface area contributed by atoms with Crippen LogP contribution in [0.5, 0.6) is 11.6 Å². The van der Waals surface area contributed by atoms with Crippen molar-refractivity contribution < 1.29 is 14.3 Å². The zero-order valence-corrected chi connectivity index (χ0v) is 13.7. The smallest absolute Gasteiger partial charge is 0.264 e. The number of carbonyl (C=O) groups is 2. The molecule has 2 amide bonds. The summed E-state index contributed by atoms with van der Waals surface area (Å²) in [6.45, 7) is 4.42. The second-order valence-corrected chi connectivity index (χ2v) is 5.67. The fraction of sp³-hybridized carbons (Fsp3) is 0.278. The zero-order chi connectivity index (χ0) is 17.1. The van der Waals surface area contributed by atoms with Gasteiger partial charge in [0.05, 0.1) is 5.69 Å². The number of carbonyl (C=O) groups excluding carboxylic acids is 2. The van der Waals surface area contributed by atoms with Gasteiger partial charge in [-0.2, -0.15) is 0 Å². The number of hydrogen-bond donors (Lipinski definition) is 1. The Balaban J connectivity index is 2.03. The van der Waals surface area contributed by atoms with Gasteiger partial charge in [0.2, 0.25) is 11.8 Å². The maximum Gasteiger partial charge on any atom is 0.264 e. The van der Waals surface area contributed by atoms with E-state index in [1.54, 1.807) is 24.4 Å². The van der Waals surface area contributed by atoms with Gasteiger partial charge < -0.3 is 10.1 Å². The van der Waals surface area contributed by atoms with Crippen LogP contribution in [-0.2, 0) is 4.79 Å². The van der Waals surface area contributed by atoms with Crippen LogP contribution in [0.3, 0.4) is 0 Å². The average molecular weight is 325 g/mol. The molecule has 2 aromatic rings. The summed E-state index contributed by atoms with van der Waals surface area (Å²) in [5.74, 6) is 0.262. The molecule has 6 heteroatoms. The predicted molar refractivity (Wildman–Crippen MR) is 90.5 cm³/mol. The van der Waals surface area contributed by atoms with Crippen molar-refractivity contribution in [2.75, 3.05) is 18.0 Å². The number of amides is 2. The maximum absolute atomic E-state index is 12.9. The van der Waals surface area contributed by atoms with E-state index in [2.05, 4.69) is 10.3 Å². The van der Waals surface area contributed by atoms with Crippen LogP contribution in [0.2, 0.25) is 0 Å². The quantitative estimate of drug-likeness (QED) is 0.938. The zero-order valence-electron chi connectivity index (χ0n) is 13.7. The summed E-state index contributed by atoms with van der Waals surface area (Å²) in [6, 6.07) is 8.86. The Hall–Kier alpha value is -2.89. The largest absolute Gasteiger partial charge is 0.436 e. The van der Waals surface area contributed by atoms with Crippen molar-refractivity contribution in [1.29, 1.82) is 0 Å². The minimum atomic E-state index is -0.297. The predicted octanol–water partition coefficient (Wildman–Crippen LogP) is 2.67. The van der Waals surface area contributed by atoms with Gasteiger partial charge in [0.15, 0.2) is 5.75 Å². The molecule has 1 aliphatic rings. The summed E-state index contributed by atoms with van der Waals surface area (Å²) in [7, 11) is 0. The number of hydrogen-bond acceptors (Lipinski definition) is 4. The lowest BCUT2D eigenvalue weighted by Gasteiger charge is -2.21. The molecular weight excluding hydrogens is 306 g/mol. The molecule has 0 atom stereocenters. The Labute approximate surface area is 140 Å². The number of benzene rings is 1. The molecule has 0 unspecified atom stereocenters. The summed E-state index contributed by atoms with van der Waals surface area (Å²) < 4.78 is 5.82. The molecule has 3 rings (SSSR count). The lowest BCUT2D eigenvalue weighted by Crippen LogP contribution is -2.40. The molecule has 1 aromatic heterocycles. The van der Waals surface area contributed by atoms with Crippen LogP contribution in [0.1, 0.15) is 29.3 Å². The normalized spacial score (nSPS) is 12.8. The van der Waals surface area contributed by atoms with E-state index in [0.717, 1.165) is 12.0 Å². The van der Waals surface area contributed by atoms with Gasteiger partial charge in [0, 0.05) is 12.7 Å². The van der Waals surface area contributed by atoms with Gasteiger partial charge in [0.1, 0.15) is 12.1 Å². The summed E-state index contributed by atoms with van der Waals surface area (Å²) in [6.07, 6.45) is 2.41. The number of pyridine rings is 1. The molecule has 0 fully saturated rings. The van der Waals surface area contributed by atoms with Crippen LogP contribution in [-0.4, -0.2) is 29.9 Å². The molecule has 0 aliphatic carbocycles. The third-order valence-corrected chi connectivity index (χ3v) is 3.73. The number of nitrogens with zero attached hydrogens (tertiary/aromatic N) is 2. The number of anilines is 1. The van der Waals surface area contributed by atoms with Crippen molar-refractivity contribution in [3.63, 3.8) is 0 Å². The first-order valence-electron chi connectivity index (χ1n) is 7.92. The topological polar surface area (TPSA) is 71.5 Å². The van der Waals surface area contributed by atoms with Gasteiger partial charge in [-0.25, -0.2) is 4.98 Å². The second-order valence-electron chi connectivity index (χ2n) is 5.67. The molecule has 0 saturated carbocycles. The van der Waals surface area contributed by atoms with E-state index >= 15 is 0 Å². The van der Waals surface area contributed by atoms with E-state index in [0.29, 0.717) is 23.5 Å². The first-order valence-corrected chi connectivity index (χ1v) is 7.92. The van der Waals surface area contributed by atoms with Crippen molar-refractivity contribution in [3.05, 3.63) is 47.7 Å². The number of fused-ring (bicyclic) bond motifs is 2. The molecule has 124 valence electrons. The molecule has 1 aliphatic heterocycles. The highest BCUT2D eigenvalue weighted by Crippen LogP contribution is 2.38. The molecule has 1 N–H and O–H groups in total. The maximum atomic E-state index is 12.9. The second kappa shape index (κ2) is 6.70. The minimum Gasteiger partial charge on any atom is -0.436 e. The minimum absolute atomic E-state index is 0.0625. The van der Waals surface area contributed by atoms with E-state index in [1.165, 1.54) is 4.90 Å². The Kier molecular flexibility index (Phi) is 4.46. The molecule has 6 nitrogen and oxygen atoms in total. The van der Waals surface area contributed by atoms with Gasteiger partial charge in [-0.05, 0) is 43.2 Å². The van der Waals surface area contributed by atoms with Crippen LogP contribution < -0.4 is 15.0 Å². The third kappa shape index (κ3) is 3.08. The van der Waals surface area contributed by atoms with E-state index in [9.17, 15) is 9.59 Å². The highest BCUT2D eigenvalue weighted by atomic mass is 16.5. The molecule has 0 saturated heterocycles. The lowest BCUT2D eigenvalue weighted by atomic mass is 10.1. The third-order valence-electron chi connectivity index (χ3n) is 3.73. The van der Waals surface area contributed by atoms with Crippen LogP contribution >= 0.6 is 0 Å². The van der Waals surface area contributed by atoms with Crippen LogP contribution in [0.4, 0.5) is 5.69 Å². The van der Waals surface area contributed by atoms with Crippen LogP contribution in [0.15, 0.2) is 36.5 Å². The highest BCUT2D eigenvalue weighted by Gasteiger charge is 2.30.